The molecule has 1 saturated heterocycles. The lowest BCUT2D eigenvalue weighted by Crippen LogP contribution is -2.56. The summed E-state index contributed by atoms with van der Waals surface area (Å²) < 4.78 is 13.0. The van der Waals surface area contributed by atoms with Crippen LogP contribution in [-0.4, -0.2) is 56.9 Å². The van der Waals surface area contributed by atoms with Crippen LogP contribution in [0.4, 0.5) is 0 Å². The molecule has 0 saturated carbocycles. The highest BCUT2D eigenvalue weighted by atomic mass is 35.5. The van der Waals surface area contributed by atoms with Crippen LogP contribution in [0.15, 0.2) is 36.5 Å². The minimum atomic E-state index is -0.382. The molecule has 2 bridgehead atoms. The third-order valence-corrected chi connectivity index (χ3v) is 6.22. The summed E-state index contributed by atoms with van der Waals surface area (Å²) in [7, 11) is 1.60. The maximum absolute atomic E-state index is 13.4. The van der Waals surface area contributed by atoms with E-state index in [1.54, 1.807) is 42.5 Å². The summed E-state index contributed by atoms with van der Waals surface area (Å²) in [6.45, 7) is 1.21. The molecule has 154 valence electrons. The lowest BCUT2D eigenvalue weighted by atomic mass is 10.0. The second kappa shape index (κ2) is 7.54. The first-order valence-electron chi connectivity index (χ1n) is 9.36. The number of hydrogen-bond donors (Lipinski definition) is 0. The number of morpholine rings is 1. The van der Waals surface area contributed by atoms with Gasteiger partial charge in [0.25, 0.3) is 5.91 Å². The number of carbonyl (C=O) groups is 1. The van der Waals surface area contributed by atoms with E-state index in [1.807, 2.05) is 10.6 Å². The fraction of sp³-hybridized carbons (Fsp3) is 0.300. The molecule has 2 aromatic heterocycles. The normalized spacial score (nSPS) is 20.0. The number of pyridine rings is 1. The number of carbonyl (C=O) groups excluding carboxylic acids is 1. The molecule has 1 aromatic carbocycles. The number of halogens is 2. The zero-order valence-corrected chi connectivity index (χ0v) is 17.5. The molecular weight excluding hydrogens is 429 g/mol. The first kappa shape index (κ1) is 19.3. The molecule has 2 atom stereocenters. The molecule has 0 aliphatic carbocycles. The Bertz CT molecular complexity index is 1140. The predicted octanol–water partition coefficient (Wildman–Crippen LogP) is 3.25. The van der Waals surface area contributed by atoms with Gasteiger partial charge in [-0.25, -0.2) is 0 Å². The molecule has 4 heterocycles. The second-order valence-electron chi connectivity index (χ2n) is 7.09. The smallest absolute Gasteiger partial charge is 0.256 e. The van der Waals surface area contributed by atoms with Crippen LogP contribution in [0.3, 0.4) is 0 Å². The predicted molar refractivity (Wildman–Crippen MR) is 110 cm³/mol. The zero-order chi connectivity index (χ0) is 20.8. The number of hydrogen-bond acceptors (Lipinski definition) is 6. The summed E-state index contributed by atoms with van der Waals surface area (Å²) in [5.74, 6) is 1.77. The first-order chi connectivity index (χ1) is 14.6. The van der Waals surface area contributed by atoms with Gasteiger partial charge in [-0.15, -0.1) is 10.2 Å². The second-order valence-corrected chi connectivity index (χ2v) is 7.88. The van der Waals surface area contributed by atoms with E-state index in [1.165, 1.54) is 0 Å². The van der Waals surface area contributed by atoms with Crippen LogP contribution < -0.4 is 4.74 Å². The molecule has 10 heteroatoms. The number of benzene rings is 1. The molecule has 2 aliphatic rings. The third-order valence-electron chi connectivity index (χ3n) is 5.40. The minimum Gasteiger partial charge on any atom is -0.497 e. The van der Waals surface area contributed by atoms with Crippen LogP contribution in [0.5, 0.6) is 5.75 Å². The third kappa shape index (κ3) is 3.03. The molecule has 3 aromatic rings. The Morgan fingerprint density at radius 2 is 2.10 bits per heavy atom. The van der Waals surface area contributed by atoms with Gasteiger partial charge >= 0.3 is 0 Å². The van der Waals surface area contributed by atoms with Crippen molar-refractivity contribution in [3.05, 3.63) is 58.0 Å². The van der Waals surface area contributed by atoms with Crippen molar-refractivity contribution in [1.82, 2.24) is 24.6 Å². The molecule has 1 amide bonds. The molecule has 2 aliphatic heterocycles. The summed E-state index contributed by atoms with van der Waals surface area (Å²) in [6, 6.07) is 8.06. The fourth-order valence-corrected chi connectivity index (χ4v) is 4.37. The van der Waals surface area contributed by atoms with Crippen molar-refractivity contribution in [3.63, 3.8) is 0 Å². The quantitative estimate of drug-likeness (QED) is 0.615. The van der Waals surface area contributed by atoms with Crippen LogP contribution in [0.25, 0.3) is 11.5 Å². The van der Waals surface area contributed by atoms with Crippen LogP contribution in [0.2, 0.25) is 10.0 Å². The van der Waals surface area contributed by atoms with Gasteiger partial charge in [0.1, 0.15) is 17.5 Å². The van der Waals surface area contributed by atoms with Gasteiger partial charge in [0.2, 0.25) is 0 Å². The highest BCUT2D eigenvalue weighted by Gasteiger charge is 2.44. The van der Waals surface area contributed by atoms with E-state index in [9.17, 15) is 4.79 Å². The fourth-order valence-electron chi connectivity index (χ4n) is 3.99. The lowest BCUT2D eigenvalue weighted by molar-refractivity contribution is -0.0569. The van der Waals surface area contributed by atoms with Gasteiger partial charge in [0, 0.05) is 18.8 Å². The Kier molecular flexibility index (Phi) is 4.85. The summed E-state index contributed by atoms with van der Waals surface area (Å²) in [4.78, 5) is 19.6. The molecule has 5 rings (SSSR count). The van der Waals surface area contributed by atoms with E-state index in [2.05, 4.69) is 15.2 Å². The van der Waals surface area contributed by atoms with Crippen molar-refractivity contribution >= 4 is 29.1 Å². The number of methoxy groups -OCH3 is 1. The van der Waals surface area contributed by atoms with Gasteiger partial charge in [0.15, 0.2) is 11.6 Å². The summed E-state index contributed by atoms with van der Waals surface area (Å²) in [5, 5.41) is 9.32. The summed E-state index contributed by atoms with van der Waals surface area (Å²) in [6.07, 6.45) is 1.67. The van der Waals surface area contributed by atoms with E-state index in [0.717, 1.165) is 0 Å². The zero-order valence-electron chi connectivity index (χ0n) is 16.0. The first-order valence-corrected chi connectivity index (χ1v) is 10.1. The van der Waals surface area contributed by atoms with E-state index in [4.69, 9.17) is 32.7 Å². The Hall–Kier alpha value is -2.68. The lowest BCUT2D eigenvalue weighted by Gasteiger charge is -2.45. The Balaban J connectivity index is 1.55. The molecule has 30 heavy (non-hydrogen) atoms. The number of rotatable bonds is 3. The summed E-state index contributed by atoms with van der Waals surface area (Å²) >= 11 is 12.4. The van der Waals surface area contributed by atoms with Crippen molar-refractivity contribution in [2.45, 2.75) is 18.6 Å². The van der Waals surface area contributed by atoms with Gasteiger partial charge in [-0.3, -0.25) is 9.78 Å². The standard InChI is InChI=1S/C20H17Cl2N5O3/c1-29-12-5-6-23-15(7-12)18-24-25-19-16-10-30-9-11(8-26(18)19)27(16)20(28)13-3-2-4-14(21)17(13)22/h2-7,11,16H,8-10H2,1H3/t11-,16-/m1/s1. The van der Waals surface area contributed by atoms with Crippen LogP contribution in [0.1, 0.15) is 22.2 Å². The number of ether oxygens (including phenoxy) is 2. The van der Waals surface area contributed by atoms with Crippen molar-refractivity contribution in [1.29, 1.82) is 0 Å². The minimum absolute atomic E-state index is 0.195. The average molecular weight is 446 g/mol. The van der Waals surface area contributed by atoms with Gasteiger partial charge in [-0.05, 0) is 18.2 Å². The molecule has 8 nitrogen and oxygen atoms in total. The van der Waals surface area contributed by atoms with E-state index >= 15 is 0 Å². The highest BCUT2D eigenvalue weighted by molar-refractivity contribution is 6.43. The van der Waals surface area contributed by atoms with Crippen LogP contribution in [0, 0.1) is 0 Å². The van der Waals surface area contributed by atoms with E-state index in [-0.39, 0.29) is 23.0 Å². The molecular formula is C20H17Cl2N5O3. The van der Waals surface area contributed by atoms with E-state index < -0.39 is 0 Å². The van der Waals surface area contributed by atoms with Crippen molar-refractivity contribution in [3.8, 4) is 17.3 Å². The number of fused-ring (bicyclic) bond motifs is 4. The molecule has 0 spiro atoms. The number of nitrogens with zero attached hydrogens (tertiary/aromatic N) is 5. The molecule has 0 unspecified atom stereocenters. The van der Waals surface area contributed by atoms with Crippen LogP contribution >= 0.6 is 23.2 Å². The van der Waals surface area contributed by atoms with Crippen LogP contribution in [-0.2, 0) is 11.3 Å². The number of amides is 1. The topological polar surface area (TPSA) is 82.4 Å². The molecule has 1 fully saturated rings. The van der Waals surface area contributed by atoms with Gasteiger partial charge in [-0.2, -0.15) is 0 Å². The molecule has 0 radical (unpaired) electrons. The SMILES string of the molecule is COc1ccnc(-c2nnc3n2C[C@@H]2COC[C@H]3N2C(=O)c2cccc(Cl)c2Cl)c1. The maximum atomic E-state index is 13.4. The van der Waals surface area contributed by atoms with Gasteiger partial charge in [-0.1, -0.05) is 29.3 Å². The Labute approximate surface area is 182 Å². The van der Waals surface area contributed by atoms with Crippen molar-refractivity contribution in [2.75, 3.05) is 20.3 Å². The van der Waals surface area contributed by atoms with Gasteiger partial charge < -0.3 is 18.9 Å². The Morgan fingerprint density at radius 3 is 2.93 bits per heavy atom. The summed E-state index contributed by atoms with van der Waals surface area (Å²) in [5.41, 5.74) is 1.02. The van der Waals surface area contributed by atoms with Gasteiger partial charge in [0.05, 0.1) is 42.0 Å². The Morgan fingerprint density at radius 1 is 1.23 bits per heavy atom. The number of aromatic nitrogens is 4. The van der Waals surface area contributed by atoms with Crippen molar-refractivity contribution < 1.29 is 14.3 Å². The average Bonchev–Trinajstić information content (AvgIpc) is 3.18. The van der Waals surface area contributed by atoms with Crippen molar-refractivity contribution in [2.24, 2.45) is 0 Å². The van der Waals surface area contributed by atoms with E-state index in [0.29, 0.717) is 53.4 Å². The highest BCUT2D eigenvalue weighted by Crippen LogP contribution is 2.37. The maximum Gasteiger partial charge on any atom is 0.256 e. The monoisotopic (exact) mass is 445 g/mol. The largest absolute Gasteiger partial charge is 0.497 e. The molecule has 0 N–H and O–H groups in total.